The largest absolute Gasteiger partial charge is 0.478 e. The Morgan fingerprint density at radius 3 is 2.18 bits per heavy atom. The highest BCUT2D eigenvalue weighted by molar-refractivity contribution is 5.99. The number of likely N-dealkylation sites (tertiary alicyclic amines) is 1. The molecular weight excluding hydrogens is 375 g/mol. The summed E-state index contributed by atoms with van der Waals surface area (Å²) < 4.78 is 41.2. The van der Waals surface area contributed by atoms with E-state index in [0.717, 1.165) is 36.4 Å². The van der Waals surface area contributed by atoms with E-state index in [2.05, 4.69) is 0 Å². The monoisotopic (exact) mass is 391 g/mol. The van der Waals surface area contributed by atoms with Crippen LogP contribution in [0.25, 0.3) is 0 Å². The maximum absolute atomic E-state index is 14.1. The van der Waals surface area contributed by atoms with Crippen molar-refractivity contribution in [3.05, 3.63) is 70.5 Å². The van der Waals surface area contributed by atoms with Gasteiger partial charge in [-0.2, -0.15) is 0 Å². The molecule has 2 aromatic carbocycles. The Morgan fingerprint density at radius 1 is 0.893 bits per heavy atom. The molecule has 1 fully saturated rings. The molecule has 5 nitrogen and oxygen atoms in total. The molecule has 1 aliphatic rings. The lowest BCUT2D eigenvalue weighted by molar-refractivity contribution is 0.0643. The molecule has 0 atom stereocenters. The van der Waals surface area contributed by atoms with Gasteiger partial charge in [-0.25, -0.2) is 18.0 Å². The lowest BCUT2D eigenvalue weighted by Gasteiger charge is -2.31. The molecule has 1 N–H and O–H groups in total. The van der Waals surface area contributed by atoms with Gasteiger partial charge in [0.15, 0.2) is 5.78 Å². The second-order valence-electron chi connectivity index (χ2n) is 6.55. The molecule has 1 amide bonds. The summed E-state index contributed by atoms with van der Waals surface area (Å²) in [4.78, 5) is 37.1. The van der Waals surface area contributed by atoms with E-state index in [1.54, 1.807) is 0 Å². The van der Waals surface area contributed by atoms with Crippen LogP contribution in [0, 0.1) is 23.4 Å². The summed E-state index contributed by atoms with van der Waals surface area (Å²) in [6.07, 6.45) is 0.463. The van der Waals surface area contributed by atoms with E-state index < -0.39 is 41.0 Å². The summed E-state index contributed by atoms with van der Waals surface area (Å²) >= 11 is 0. The number of carboxylic acid groups (broad SMARTS) is 1. The Morgan fingerprint density at radius 2 is 1.57 bits per heavy atom. The highest BCUT2D eigenvalue weighted by Crippen LogP contribution is 2.25. The number of piperidine rings is 1. The Hall–Kier alpha value is -3.16. The van der Waals surface area contributed by atoms with Crippen molar-refractivity contribution in [2.45, 2.75) is 12.8 Å². The molecule has 2 aromatic rings. The number of aromatic carboxylic acids is 1. The van der Waals surface area contributed by atoms with Crippen LogP contribution in [0.1, 0.15) is 43.9 Å². The number of carboxylic acids is 1. The van der Waals surface area contributed by atoms with E-state index in [4.69, 9.17) is 5.11 Å². The molecule has 0 radical (unpaired) electrons. The normalized spacial score (nSPS) is 14.8. The second-order valence-corrected chi connectivity index (χ2v) is 6.55. The highest BCUT2D eigenvalue weighted by Gasteiger charge is 2.30. The van der Waals surface area contributed by atoms with Crippen LogP contribution < -0.4 is 0 Å². The van der Waals surface area contributed by atoms with Crippen molar-refractivity contribution < 1.29 is 32.7 Å². The van der Waals surface area contributed by atoms with Crippen LogP contribution in [0.15, 0.2) is 36.4 Å². The van der Waals surface area contributed by atoms with Crippen LogP contribution in [-0.4, -0.2) is 40.8 Å². The number of amides is 1. The first-order valence-electron chi connectivity index (χ1n) is 8.59. The van der Waals surface area contributed by atoms with Gasteiger partial charge in [-0.15, -0.1) is 0 Å². The Kier molecular flexibility index (Phi) is 5.48. The molecule has 0 aliphatic carbocycles. The average Bonchev–Trinajstić information content (AvgIpc) is 2.68. The first-order chi connectivity index (χ1) is 13.3. The average molecular weight is 391 g/mol. The van der Waals surface area contributed by atoms with Gasteiger partial charge in [-0.05, 0) is 49.2 Å². The molecular formula is C20H16F3NO4. The number of hydrogen-bond donors (Lipinski definition) is 1. The molecule has 0 aromatic heterocycles. The quantitative estimate of drug-likeness (QED) is 0.809. The molecule has 8 heteroatoms. The van der Waals surface area contributed by atoms with Gasteiger partial charge < -0.3 is 10.0 Å². The summed E-state index contributed by atoms with van der Waals surface area (Å²) in [6.45, 7) is 0.290. The maximum Gasteiger partial charge on any atom is 0.335 e. The summed E-state index contributed by atoms with van der Waals surface area (Å²) in [5.41, 5.74) is -0.846. The zero-order valence-corrected chi connectivity index (χ0v) is 14.6. The zero-order chi connectivity index (χ0) is 20.4. The third-order valence-corrected chi connectivity index (χ3v) is 4.79. The summed E-state index contributed by atoms with van der Waals surface area (Å²) in [5, 5.41) is 8.86. The molecule has 0 saturated carbocycles. The van der Waals surface area contributed by atoms with Crippen molar-refractivity contribution in [3.8, 4) is 0 Å². The van der Waals surface area contributed by atoms with Crippen LogP contribution in [0.4, 0.5) is 13.2 Å². The van der Waals surface area contributed by atoms with Crippen LogP contribution in [-0.2, 0) is 0 Å². The van der Waals surface area contributed by atoms with Crippen LogP contribution in [0.2, 0.25) is 0 Å². The van der Waals surface area contributed by atoms with Gasteiger partial charge in [0.25, 0.3) is 5.91 Å². The molecule has 0 spiro atoms. The lowest BCUT2D eigenvalue weighted by atomic mass is 9.88. The van der Waals surface area contributed by atoms with Crippen molar-refractivity contribution in [3.63, 3.8) is 0 Å². The minimum atomic E-state index is -1.30. The first-order valence-corrected chi connectivity index (χ1v) is 8.59. The molecule has 1 heterocycles. The Balaban J connectivity index is 1.68. The second kappa shape index (κ2) is 7.84. The van der Waals surface area contributed by atoms with Gasteiger partial charge in [0, 0.05) is 19.0 Å². The fourth-order valence-corrected chi connectivity index (χ4v) is 3.24. The number of rotatable bonds is 4. The van der Waals surface area contributed by atoms with E-state index in [1.807, 2.05) is 0 Å². The Bertz CT molecular complexity index is 952. The molecule has 0 unspecified atom stereocenters. The number of carbonyl (C=O) groups is 3. The zero-order valence-electron chi connectivity index (χ0n) is 14.6. The van der Waals surface area contributed by atoms with Crippen LogP contribution >= 0.6 is 0 Å². The molecule has 1 saturated heterocycles. The third kappa shape index (κ3) is 3.90. The number of carbonyl (C=O) groups excluding carboxylic acids is 2. The molecule has 146 valence electrons. The summed E-state index contributed by atoms with van der Waals surface area (Å²) in [5.74, 6) is -5.46. The van der Waals surface area contributed by atoms with E-state index in [1.165, 1.54) is 4.90 Å². The van der Waals surface area contributed by atoms with Crippen molar-refractivity contribution in [1.82, 2.24) is 4.90 Å². The lowest BCUT2D eigenvalue weighted by Crippen LogP contribution is -2.40. The predicted molar refractivity (Wildman–Crippen MR) is 92.7 cm³/mol. The number of Topliss-reactive ketones (excluding diaryl/α,β-unsaturated/α-hetero) is 1. The first kappa shape index (κ1) is 19.6. The maximum atomic E-state index is 14.1. The fourth-order valence-electron chi connectivity index (χ4n) is 3.24. The molecule has 28 heavy (non-hydrogen) atoms. The summed E-state index contributed by atoms with van der Waals surface area (Å²) in [7, 11) is 0. The minimum absolute atomic E-state index is 0.145. The topological polar surface area (TPSA) is 74.7 Å². The number of benzene rings is 2. The van der Waals surface area contributed by atoms with Crippen molar-refractivity contribution in [1.29, 1.82) is 0 Å². The SMILES string of the molecule is O=C(O)c1ccc(C(=O)N2CCC(C(=O)c3cc(F)ccc3F)CC2)c(F)c1. The van der Waals surface area contributed by atoms with E-state index >= 15 is 0 Å². The van der Waals surface area contributed by atoms with Gasteiger partial charge in [0.05, 0.1) is 16.7 Å². The molecule has 0 bridgehead atoms. The van der Waals surface area contributed by atoms with Gasteiger partial charge in [0.2, 0.25) is 0 Å². The van der Waals surface area contributed by atoms with Crippen LogP contribution in [0.3, 0.4) is 0 Å². The number of ketones is 1. The van der Waals surface area contributed by atoms with Crippen molar-refractivity contribution in [2.75, 3.05) is 13.1 Å². The molecule has 1 aliphatic heterocycles. The van der Waals surface area contributed by atoms with Gasteiger partial charge in [-0.1, -0.05) is 0 Å². The van der Waals surface area contributed by atoms with E-state index in [0.29, 0.717) is 0 Å². The fraction of sp³-hybridized carbons (Fsp3) is 0.250. The summed E-state index contributed by atoms with van der Waals surface area (Å²) in [6, 6.07) is 5.71. The molecule has 3 rings (SSSR count). The van der Waals surface area contributed by atoms with Crippen molar-refractivity contribution in [2.24, 2.45) is 5.92 Å². The minimum Gasteiger partial charge on any atom is -0.478 e. The standard InChI is InChI=1S/C20H16F3NO4/c21-13-2-4-16(22)15(10-13)18(25)11-5-7-24(8-6-11)19(26)14-3-1-12(20(27)28)9-17(14)23/h1-4,9-11H,5-8H2,(H,27,28). The number of nitrogens with zero attached hydrogens (tertiary/aromatic N) is 1. The predicted octanol–water partition coefficient (Wildman–Crippen LogP) is 3.54. The number of hydrogen-bond acceptors (Lipinski definition) is 3. The Labute approximate surface area is 158 Å². The van der Waals surface area contributed by atoms with E-state index in [-0.39, 0.29) is 42.6 Å². The van der Waals surface area contributed by atoms with Gasteiger partial charge >= 0.3 is 5.97 Å². The highest BCUT2D eigenvalue weighted by atomic mass is 19.1. The smallest absolute Gasteiger partial charge is 0.335 e. The van der Waals surface area contributed by atoms with E-state index in [9.17, 15) is 27.6 Å². The third-order valence-electron chi connectivity index (χ3n) is 4.79. The van der Waals surface area contributed by atoms with Gasteiger partial charge in [0.1, 0.15) is 17.5 Å². The van der Waals surface area contributed by atoms with Crippen LogP contribution in [0.5, 0.6) is 0 Å². The van der Waals surface area contributed by atoms with Crippen molar-refractivity contribution >= 4 is 17.7 Å². The van der Waals surface area contributed by atoms with Gasteiger partial charge in [-0.3, -0.25) is 9.59 Å². The number of halogens is 3.